The second kappa shape index (κ2) is 6.34. The number of nitrogens with zero attached hydrogens (tertiary/aromatic N) is 1. The first kappa shape index (κ1) is 19.4. The van der Waals surface area contributed by atoms with Gasteiger partial charge in [-0.05, 0) is 62.9 Å². The van der Waals surface area contributed by atoms with Crippen LogP contribution in [0.5, 0.6) is 5.75 Å². The molecule has 0 amide bonds. The van der Waals surface area contributed by atoms with E-state index in [0.29, 0.717) is 18.6 Å². The van der Waals surface area contributed by atoms with Crippen molar-refractivity contribution in [2.45, 2.75) is 46.1 Å². The van der Waals surface area contributed by atoms with E-state index in [0.717, 1.165) is 12.0 Å². The van der Waals surface area contributed by atoms with E-state index in [1.165, 1.54) is 0 Å². The van der Waals surface area contributed by atoms with Crippen molar-refractivity contribution in [3.63, 3.8) is 0 Å². The lowest BCUT2D eigenvalue weighted by atomic mass is 9.70. The zero-order valence-corrected chi connectivity index (χ0v) is 17.1. The number of fused-ring (bicyclic) bond motifs is 2. The van der Waals surface area contributed by atoms with Crippen LogP contribution in [-0.4, -0.2) is 38.9 Å². The highest BCUT2D eigenvalue weighted by atomic mass is 32.2. The average Bonchev–Trinajstić information content (AvgIpc) is 2.87. The number of ketones is 1. The van der Waals surface area contributed by atoms with Gasteiger partial charge >= 0.3 is 10.1 Å². The highest BCUT2D eigenvalue weighted by molar-refractivity contribution is 7.87. The zero-order valence-electron chi connectivity index (χ0n) is 16.3. The quantitative estimate of drug-likeness (QED) is 0.709. The second-order valence-electron chi connectivity index (χ2n) is 8.66. The van der Waals surface area contributed by atoms with Gasteiger partial charge in [-0.25, -0.2) is 0 Å². The third-order valence-electron chi connectivity index (χ3n) is 6.90. The highest BCUT2D eigenvalue weighted by Crippen LogP contribution is 2.64. The van der Waals surface area contributed by atoms with Crippen molar-refractivity contribution in [3.8, 4) is 5.75 Å². The molecule has 6 heteroatoms. The summed E-state index contributed by atoms with van der Waals surface area (Å²) in [5, 5.41) is 0. The Morgan fingerprint density at radius 2 is 2.00 bits per heavy atom. The van der Waals surface area contributed by atoms with Crippen LogP contribution in [-0.2, 0) is 14.9 Å². The van der Waals surface area contributed by atoms with Crippen molar-refractivity contribution in [1.29, 1.82) is 0 Å². The number of hydrogen-bond acceptors (Lipinski definition) is 5. The van der Waals surface area contributed by atoms with E-state index >= 15 is 0 Å². The fraction of sp³-hybridized carbons (Fsp3) is 0.650. The fourth-order valence-corrected chi connectivity index (χ4v) is 6.45. The molecule has 3 atom stereocenters. The number of rotatable bonds is 6. The number of carbonyl (C=O) groups is 1. The Hall–Kier alpha value is -1.40. The molecule has 0 saturated heterocycles. The van der Waals surface area contributed by atoms with E-state index in [2.05, 4.69) is 0 Å². The molecule has 3 rings (SSSR count). The molecule has 2 aliphatic rings. The van der Waals surface area contributed by atoms with Crippen LogP contribution in [0, 0.1) is 16.7 Å². The van der Waals surface area contributed by atoms with Crippen molar-refractivity contribution >= 4 is 15.9 Å². The molecule has 2 saturated carbocycles. The maximum atomic E-state index is 12.8. The van der Waals surface area contributed by atoms with Crippen LogP contribution >= 0.6 is 0 Å². The molecule has 26 heavy (non-hydrogen) atoms. The van der Waals surface area contributed by atoms with Crippen LogP contribution in [0.15, 0.2) is 24.3 Å². The van der Waals surface area contributed by atoms with Crippen molar-refractivity contribution < 1.29 is 17.4 Å². The van der Waals surface area contributed by atoms with Gasteiger partial charge in [-0.3, -0.25) is 4.79 Å². The Labute approximate surface area is 156 Å². The van der Waals surface area contributed by atoms with E-state index in [9.17, 15) is 13.2 Å². The maximum Gasteiger partial charge on any atom is 0.310 e. The second-order valence-corrected chi connectivity index (χ2v) is 10.2. The SMILES string of the molecule is CC(c1cccc(OS(=O)(=O)CC23CCC(CC2=O)C3(C)C)c1)N(C)C. The number of carbonyl (C=O) groups excluding carboxylic acids is 1. The Morgan fingerprint density at radius 1 is 1.31 bits per heavy atom. The number of benzene rings is 1. The van der Waals surface area contributed by atoms with Gasteiger partial charge in [0.15, 0.2) is 0 Å². The third kappa shape index (κ3) is 3.07. The Morgan fingerprint density at radius 3 is 2.54 bits per heavy atom. The minimum Gasteiger partial charge on any atom is -0.382 e. The van der Waals surface area contributed by atoms with E-state index in [4.69, 9.17) is 4.18 Å². The van der Waals surface area contributed by atoms with E-state index in [1.807, 2.05) is 45.8 Å². The van der Waals surface area contributed by atoms with E-state index in [1.54, 1.807) is 18.2 Å². The average molecular weight is 380 g/mol. The zero-order chi connectivity index (χ0) is 19.3. The summed E-state index contributed by atoms with van der Waals surface area (Å²) in [4.78, 5) is 14.6. The van der Waals surface area contributed by atoms with E-state index < -0.39 is 15.5 Å². The van der Waals surface area contributed by atoms with Crippen molar-refractivity contribution in [1.82, 2.24) is 4.90 Å². The van der Waals surface area contributed by atoms with Crippen LogP contribution < -0.4 is 4.18 Å². The molecule has 3 unspecified atom stereocenters. The summed E-state index contributed by atoms with van der Waals surface area (Å²) in [5.41, 5.74) is -0.105. The lowest BCUT2D eigenvalue weighted by Gasteiger charge is -2.35. The monoisotopic (exact) mass is 379 g/mol. The minimum atomic E-state index is -3.86. The van der Waals surface area contributed by atoms with Gasteiger partial charge in [-0.2, -0.15) is 8.42 Å². The molecule has 0 N–H and O–H groups in total. The lowest BCUT2D eigenvalue weighted by Crippen LogP contribution is -2.43. The Balaban J connectivity index is 1.82. The van der Waals surface area contributed by atoms with Crippen LogP contribution in [0.1, 0.15) is 51.6 Å². The normalized spacial score (nSPS) is 28.5. The lowest BCUT2D eigenvalue weighted by molar-refractivity contribution is -0.128. The van der Waals surface area contributed by atoms with Crippen molar-refractivity contribution in [3.05, 3.63) is 29.8 Å². The van der Waals surface area contributed by atoms with Gasteiger partial charge in [0.2, 0.25) is 0 Å². The summed E-state index contributed by atoms with van der Waals surface area (Å²) in [6, 6.07) is 7.31. The molecule has 0 spiro atoms. The van der Waals surface area contributed by atoms with Gasteiger partial charge in [0, 0.05) is 12.5 Å². The summed E-state index contributed by atoms with van der Waals surface area (Å²) < 4.78 is 31.0. The summed E-state index contributed by atoms with van der Waals surface area (Å²) in [6.45, 7) is 6.11. The number of Topliss-reactive ketones (excluding diaryl/α,β-unsaturated/α-hetero) is 1. The van der Waals surface area contributed by atoms with Crippen LogP contribution in [0.3, 0.4) is 0 Å². The van der Waals surface area contributed by atoms with Gasteiger partial charge in [-0.15, -0.1) is 0 Å². The Kier molecular flexibility index (Phi) is 4.72. The predicted molar refractivity (Wildman–Crippen MR) is 102 cm³/mol. The van der Waals surface area contributed by atoms with Gasteiger partial charge in [0.05, 0.1) is 11.2 Å². The molecule has 1 aromatic rings. The smallest absolute Gasteiger partial charge is 0.310 e. The molecule has 0 radical (unpaired) electrons. The topological polar surface area (TPSA) is 63.7 Å². The summed E-state index contributed by atoms with van der Waals surface area (Å²) in [7, 11) is 0.0782. The van der Waals surface area contributed by atoms with Gasteiger partial charge in [0.25, 0.3) is 0 Å². The maximum absolute atomic E-state index is 12.8. The van der Waals surface area contributed by atoms with Gasteiger partial charge in [0.1, 0.15) is 11.5 Å². The molecule has 1 aromatic carbocycles. The molecule has 2 fully saturated rings. The molecule has 144 valence electrons. The first-order valence-electron chi connectivity index (χ1n) is 9.20. The summed E-state index contributed by atoms with van der Waals surface area (Å²) >= 11 is 0. The standard InChI is InChI=1S/C20H29NO4S/c1-14(21(4)5)15-7-6-8-17(11-15)25-26(23,24)13-20-10-9-16(12-18(20)22)19(20,2)3/h6-8,11,14,16H,9-10,12-13H2,1-5H3. The molecule has 2 bridgehead atoms. The summed E-state index contributed by atoms with van der Waals surface area (Å²) in [6.07, 6.45) is 2.06. The largest absolute Gasteiger partial charge is 0.382 e. The van der Waals surface area contributed by atoms with Crippen LogP contribution in [0.4, 0.5) is 0 Å². The highest BCUT2D eigenvalue weighted by Gasteiger charge is 2.65. The number of hydrogen-bond donors (Lipinski definition) is 0. The van der Waals surface area contributed by atoms with Gasteiger partial charge in [-0.1, -0.05) is 26.0 Å². The molecule has 0 aromatic heterocycles. The van der Waals surface area contributed by atoms with E-state index in [-0.39, 0.29) is 28.9 Å². The predicted octanol–water partition coefficient (Wildman–Crippen LogP) is 3.41. The molecule has 0 heterocycles. The molecule has 5 nitrogen and oxygen atoms in total. The fourth-order valence-electron chi connectivity index (χ4n) is 4.71. The molecule has 2 aliphatic carbocycles. The summed E-state index contributed by atoms with van der Waals surface area (Å²) in [5.74, 6) is 0.455. The van der Waals surface area contributed by atoms with Crippen LogP contribution in [0.25, 0.3) is 0 Å². The third-order valence-corrected chi connectivity index (χ3v) is 8.19. The first-order valence-corrected chi connectivity index (χ1v) is 10.8. The Bertz CT molecular complexity index is 815. The van der Waals surface area contributed by atoms with Crippen molar-refractivity contribution in [2.75, 3.05) is 19.8 Å². The van der Waals surface area contributed by atoms with Crippen LogP contribution in [0.2, 0.25) is 0 Å². The minimum absolute atomic E-state index is 0.0842. The molecule has 0 aliphatic heterocycles. The van der Waals surface area contributed by atoms with Crippen molar-refractivity contribution in [2.24, 2.45) is 16.7 Å². The first-order chi connectivity index (χ1) is 12.0. The van der Waals surface area contributed by atoms with Gasteiger partial charge < -0.3 is 9.08 Å². The molecular weight excluding hydrogens is 350 g/mol. The molecular formula is C20H29NO4S.